The third kappa shape index (κ3) is 24.9. The zero-order valence-electron chi connectivity index (χ0n) is 25.4. The van der Waals surface area contributed by atoms with Gasteiger partial charge >= 0.3 is 0 Å². The van der Waals surface area contributed by atoms with E-state index in [2.05, 4.69) is 21.3 Å². The SMILES string of the molecule is O=C1CCCCCCCNC(=O)CCCCCCC(=O)NCCCCCCCC(=O)NCCCCCCCCN1. The molecule has 8 nitrogen and oxygen atoms in total. The minimum absolute atomic E-state index is 0.126. The first kappa shape index (κ1) is 35.9. The van der Waals surface area contributed by atoms with Crippen molar-refractivity contribution in [3.05, 3.63) is 0 Å². The van der Waals surface area contributed by atoms with Gasteiger partial charge in [-0.25, -0.2) is 0 Å². The van der Waals surface area contributed by atoms with E-state index in [0.717, 1.165) is 142 Å². The molecule has 1 aliphatic heterocycles. The van der Waals surface area contributed by atoms with Crippen molar-refractivity contribution >= 4 is 23.6 Å². The Balaban J connectivity index is 2.21. The van der Waals surface area contributed by atoms with Gasteiger partial charge in [-0.1, -0.05) is 77.0 Å². The molecule has 8 heteroatoms. The van der Waals surface area contributed by atoms with Gasteiger partial charge in [0.25, 0.3) is 0 Å². The fourth-order valence-corrected chi connectivity index (χ4v) is 5.03. The normalized spacial score (nSPS) is 22.2. The summed E-state index contributed by atoms with van der Waals surface area (Å²) in [5.41, 5.74) is 0. The van der Waals surface area contributed by atoms with E-state index in [4.69, 9.17) is 0 Å². The highest BCUT2D eigenvalue weighted by Crippen LogP contribution is 2.09. The number of hydrogen-bond donors (Lipinski definition) is 4. The lowest BCUT2D eigenvalue weighted by atomic mass is 10.1. The van der Waals surface area contributed by atoms with Gasteiger partial charge in [0, 0.05) is 51.9 Å². The number of rotatable bonds is 0. The molecule has 0 unspecified atom stereocenters. The monoisotopic (exact) mass is 564 g/mol. The van der Waals surface area contributed by atoms with Gasteiger partial charge in [0.2, 0.25) is 23.6 Å². The predicted molar refractivity (Wildman–Crippen MR) is 163 cm³/mol. The molecule has 232 valence electrons. The molecule has 0 bridgehead atoms. The Labute approximate surface area is 244 Å². The van der Waals surface area contributed by atoms with Crippen molar-refractivity contribution in [2.45, 2.75) is 154 Å². The van der Waals surface area contributed by atoms with Crippen LogP contribution in [0.2, 0.25) is 0 Å². The fraction of sp³-hybridized carbons (Fsp3) is 0.875. The Morgan fingerprint density at radius 1 is 0.250 bits per heavy atom. The van der Waals surface area contributed by atoms with Crippen molar-refractivity contribution in [3.63, 3.8) is 0 Å². The van der Waals surface area contributed by atoms with Crippen LogP contribution in [0.4, 0.5) is 0 Å². The van der Waals surface area contributed by atoms with E-state index >= 15 is 0 Å². The number of amides is 4. The van der Waals surface area contributed by atoms with E-state index in [1.54, 1.807) is 0 Å². The molecule has 0 aromatic rings. The number of carbonyl (C=O) groups is 4. The first-order valence-corrected chi connectivity index (χ1v) is 16.6. The average Bonchev–Trinajstić information content (AvgIpc) is 2.94. The van der Waals surface area contributed by atoms with Gasteiger partial charge < -0.3 is 21.3 Å². The van der Waals surface area contributed by atoms with E-state index in [0.29, 0.717) is 25.7 Å². The summed E-state index contributed by atoms with van der Waals surface area (Å²) in [6.45, 7) is 3.00. The molecule has 4 amide bonds. The molecule has 1 rings (SSSR count). The first-order valence-electron chi connectivity index (χ1n) is 16.6. The van der Waals surface area contributed by atoms with Crippen molar-refractivity contribution in [1.82, 2.24) is 21.3 Å². The molecule has 0 saturated carbocycles. The largest absolute Gasteiger partial charge is 0.356 e. The summed E-state index contributed by atoms with van der Waals surface area (Å²) < 4.78 is 0. The quantitative estimate of drug-likeness (QED) is 0.296. The smallest absolute Gasteiger partial charge is 0.219 e. The Morgan fingerprint density at radius 2 is 0.425 bits per heavy atom. The Hall–Kier alpha value is -2.12. The lowest BCUT2D eigenvalue weighted by Crippen LogP contribution is -2.24. The van der Waals surface area contributed by atoms with Crippen LogP contribution in [-0.4, -0.2) is 49.8 Å². The second kappa shape index (κ2) is 27.1. The van der Waals surface area contributed by atoms with Gasteiger partial charge in [-0.2, -0.15) is 0 Å². The maximum absolute atomic E-state index is 12.0. The van der Waals surface area contributed by atoms with Crippen LogP contribution in [0.3, 0.4) is 0 Å². The molecular formula is C32H60N4O4. The Bertz CT molecular complexity index is 615. The number of nitrogens with one attached hydrogen (secondary N) is 4. The van der Waals surface area contributed by atoms with E-state index < -0.39 is 0 Å². The van der Waals surface area contributed by atoms with Crippen LogP contribution < -0.4 is 21.3 Å². The first-order chi connectivity index (χ1) is 19.6. The molecule has 1 fully saturated rings. The van der Waals surface area contributed by atoms with Gasteiger partial charge in [0.1, 0.15) is 0 Å². The highest BCUT2D eigenvalue weighted by atomic mass is 16.2. The molecule has 0 radical (unpaired) electrons. The molecule has 4 N–H and O–H groups in total. The van der Waals surface area contributed by atoms with E-state index in [1.807, 2.05) is 0 Å². The second-order valence-corrected chi connectivity index (χ2v) is 11.5. The van der Waals surface area contributed by atoms with Gasteiger partial charge in [-0.05, 0) is 51.4 Å². The summed E-state index contributed by atoms with van der Waals surface area (Å²) in [4.78, 5) is 48.0. The Morgan fingerprint density at radius 3 is 0.650 bits per heavy atom. The minimum Gasteiger partial charge on any atom is -0.356 e. The molecule has 0 aromatic heterocycles. The van der Waals surface area contributed by atoms with Crippen LogP contribution in [0.15, 0.2) is 0 Å². The fourth-order valence-electron chi connectivity index (χ4n) is 5.03. The van der Waals surface area contributed by atoms with Gasteiger partial charge in [0.05, 0.1) is 0 Å². The van der Waals surface area contributed by atoms with Crippen LogP contribution in [0.25, 0.3) is 0 Å². The van der Waals surface area contributed by atoms with Crippen molar-refractivity contribution in [2.24, 2.45) is 0 Å². The van der Waals surface area contributed by atoms with Crippen LogP contribution in [0, 0.1) is 0 Å². The molecule has 0 aliphatic carbocycles. The van der Waals surface area contributed by atoms with Crippen molar-refractivity contribution < 1.29 is 19.2 Å². The standard InChI is InChI=1S/C32H60N4O4/c37-29-21-13-5-3-11-19-27-35-31(39)23-15-7-8-16-24-32(40)36-28-20-12-4-6-14-22-30(38)34-26-18-10-2-1-9-17-25-33-29/h1-28H2,(H,33,37)(H,34,38)(H,35,39)(H,36,40). The number of hydrogen-bond acceptors (Lipinski definition) is 4. The van der Waals surface area contributed by atoms with Crippen LogP contribution in [0.1, 0.15) is 154 Å². The molecule has 0 atom stereocenters. The third-order valence-corrected chi connectivity index (χ3v) is 7.61. The van der Waals surface area contributed by atoms with E-state index in [-0.39, 0.29) is 23.6 Å². The predicted octanol–water partition coefficient (Wildman–Crippen LogP) is 5.83. The van der Waals surface area contributed by atoms with Gasteiger partial charge in [0.15, 0.2) is 0 Å². The summed E-state index contributed by atoms with van der Waals surface area (Å²) in [6.07, 6.45) is 23.0. The van der Waals surface area contributed by atoms with Crippen molar-refractivity contribution in [3.8, 4) is 0 Å². The summed E-state index contributed by atoms with van der Waals surface area (Å²) in [6, 6.07) is 0. The molecule has 0 spiro atoms. The van der Waals surface area contributed by atoms with Gasteiger partial charge in [-0.3, -0.25) is 19.2 Å². The average molecular weight is 565 g/mol. The lowest BCUT2D eigenvalue weighted by molar-refractivity contribution is -0.122. The van der Waals surface area contributed by atoms with Crippen molar-refractivity contribution in [1.29, 1.82) is 0 Å². The maximum Gasteiger partial charge on any atom is 0.219 e. The maximum atomic E-state index is 12.0. The van der Waals surface area contributed by atoms with Crippen LogP contribution >= 0.6 is 0 Å². The summed E-state index contributed by atoms with van der Waals surface area (Å²) in [7, 11) is 0. The number of carbonyl (C=O) groups excluding carboxylic acids is 4. The van der Waals surface area contributed by atoms with E-state index in [9.17, 15) is 19.2 Å². The molecule has 1 saturated heterocycles. The second-order valence-electron chi connectivity index (χ2n) is 11.5. The van der Waals surface area contributed by atoms with Crippen LogP contribution in [-0.2, 0) is 19.2 Å². The molecule has 40 heavy (non-hydrogen) atoms. The highest BCUT2D eigenvalue weighted by molar-refractivity contribution is 5.76. The third-order valence-electron chi connectivity index (χ3n) is 7.61. The zero-order valence-corrected chi connectivity index (χ0v) is 25.4. The highest BCUT2D eigenvalue weighted by Gasteiger charge is 2.05. The molecular weight excluding hydrogens is 504 g/mol. The van der Waals surface area contributed by atoms with Crippen LogP contribution in [0.5, 0.6) is 0 Å². The van der Waals surface area contributed by atoms with Crippen molar-refractivity contribution in [2.75, 3.05) is 26.2 Å². The van der Waals surface area contributed by atoms with Gasteiger partial charge in [-0.15, -0.1) is 0 Å². The summed E-state index contributed by atoms with van der Waals surface area (Å²) in [5, 5.41) is 12.1. The minimum atomic E-state index is 0.126. The molecule has 1 aliphatic rings. The topological polar surface area (TPSA) is 116 Å². The lowest BCUT2D eigenvalue weighted by Gasteiger charge is -2.08. The summed E-state index contributed by atoms with van der Waals surface area (Å²) in [5.74, 6) is 0.575. The Kier molecular flexibility index (Phi) is 24.3. The van der Waals surface area contributed by atoms with E-state index in [1.165, 1.54) is 12.8 Å². The zero-order chi connectivity index (χ0) is 28.9. The molecule has 0 aromatic carbocycles. The summed E-state index contributed by atoms with van der Waals surface area (Å²) >= 11 is 0. The molecule has 1 heterocycles.